The van der Waals surface area contributed by atoms with Crippen LogP contribution in [0.25, 0.3) is 10.8 Å². The zero-order valence-corrected chi connectivity index (χ0v) is 15.5. The molecule has 4 rings (SSSR count). The molecule has 2 aromatic carbocycles. The Hall–Kier alpha value is -2.24. The van der Waals surface area contributed by atoms with Gasteiger partial charge < -0.3 is 14.8 Å². The van der Waals surface area contributed by atoms with E-state index < -0.39 is 0 Å². The van der Waals surface area contributed by atoms with Crippen molar-refractivity contribution >= 4 is 22.5 Å². The Labute approximate surface area is 159 Å². The summed E-state index contributed by atoms with van der Waals surface area (Å²) in [6.07, 6.45) is 1.60. The van der Waals surface area contributed by atoms with Gasteiger partial charge in [-0.1, -0.05) is 42.5 Å². The molecule has 0 aromatic heterocycles. The Morgan fingerprint density at radius 1 is 1.15 bits per heavy atom. The summed E-state index contributed by atoms with van der Waals surface area (Å²) >= 11 is 0. The summed E-state index contributed by atoms with van der Waals surface area (Å²) in [5.41, 5.74) is 0.686. The second-order valence-corrected chi connectivity index (χ2v) is 7.45. The van der Waals surface area contributed by atoms with Gasteiger partial charge in [-0.25, -0.2) is 0 Å². The number of carbonyl (C=O) groups excluding carboxylic acids is 2. The summed E-state index contributed by atoms with van der Waals surface area (Å²) in [5.74, 6) is 0.522. The van der Waals surface area contributed by atoms with Gasteiger partial charge in [-0.15, -0.1) is 0 Å². The van der Waals surface area contributed by atoms with Crippen LogP contribution in [-0.2, 0) is 14.3 Å². The van der Waals surface area contributed by atoms with Crippen LogP contribution in [0.2, 0.25) is 0 Å². The summed E-state index contributed by atoms with van der Waals surface area (Å²) in [6.45, 7) is 1.34. The lowest BCUT2D eigenvalue weighted by Gasteiger charge is -2.47. The molecule has 0 radical (unpaired) electrons. The molecule has 142 valence electrons. The number of rotatable bonds is 7. The van der Waals surface area contributed by atoms with E-state index in [4.69, 9.17) is 9.47 Å². The van der Waals surface area contributed by atoms with Crippen molar-refractivity contribution in [3.05, 3.63) is 48.0 Å². The van der Waals surface area contributed by atoms with Crippen LogP contribution in [0.15, 0.2) is 42.5 Å². The first kappa shape index (κ1) is 18.1. The van der Waals surface area contributed by atoms with Crippen molar-refractivity contribution in [2.24, 2.45) is 11.8 Å². The van der Waals surface area contributed by atoms with E-state index in [1.165, 1.54) is 0 Å². The molecule has 1 aliphatic carbocycles. The van der Waals surface area contributed by atoms with E-state index in [9.17, 15) is 9.59 Å². The Morgan fingerprint density at radius 2 is 1.96 bits per heavy atom. The number of benzene rings is 2. The van der Waals surface area contributed by atoms with Crippen LogP contribution in [0.3, 0.4) is 0 Å². The molecule has 0 spiro atoms. The van der Waals surface area contributed by atoms with E-state index in [-0.39, 0.29) is 42.6 Å². The van der Waals surface area contributed by atoms with Crippen molar-refractivity contribution in [2.75, 3.05) is 20.3 Å². The Bertz CT molecular complexity index is 844. The van der Waals surface area contributed by atoms with Crippen molar-refractivity contribution in [3.8, 4) is 0 Å². The molecule has 0 unspecified atom stereocenters. The molecule has 5 heteroatoms. The van der Waals surface area contributed by atoms with Crippen molar-refractivity contribution in [3.63, 3.8) is 0 Å². The molecule has 2 fully saturated rings. The minimum absolute atomic E-state index is 0.00563. The number of hydrogen-bond acceptors (Lipinski definition) is 4. The molecule has 1 saturated carbocycles. The van der Waals surface area contributed by atoms with Gasteiger partial charge in [0.2, 0.25) is 5.91 Å². The number of ether oxygens (including phenoxy) is 2. The van der Waals surface area contributed by atoms with E-state index in [0.29, 0.717) is 18.1 Å². The fourth-order valence-electron chi connectivity index (χ4n) is 4.52. The number of fused-ring (bicyclic) bond motifs is 2. The Kier molecular flexibility index (Phi) is 5.23. The van der Waals surface area contributed by atoms with Crippen LogP contribution in [0.1, 0.15) is 29.6 Å². The lowest BCUT2D eigenvalue weighted by atomic mass is 9.67. The first-order valence-electron chi connectivity index (χ1n) is 9.60. The number of methoxy groups -OCH3 is 1. The number of ketones is 1. The molecule has 1 saturated heterocycles. The molecule has 0 bridgehead atoms. The molecular formula is C22H25NO4. The van der Waals surface area contributed by atoms with Crippen molar-refractivity contribution < 1.29 is 19.1 Å². The van der Waals surface area contributed by atoms with Crippen LogP contribution >= 0.6 is 0 Å². The van der Waals surface area contributed by atoms with Gasteiger partial charge >= 0.3 is 0 Å². The Morgan fingerprint density at radius 3 is 2.81 bits per heavy atom. The molecule has 1 N–H and O–H groups in total. The maximum Gasteiger partial charge on any atom is 0.220 e. The SMILES string of the molecule is COC[C@H]1[C@@H](NC(=O)CCC(=O)c2cccc3ccccc23)[C@H]2CCO[C@H]21. The third kappa shape index (κ3) is 3.49. The second-order valence-electron chi connectivity index (χ2n) is 7.45. The molecule has 4 atom stereocenters. The van der Waals surface area contributed by atoms with E-state index in [1.54, 1.807) is 7.11 Å². The summed E-state index contributed by atoms with van der Waals surface area (Å²) in [6, 6.07) is 13.6. The lowest BCUT2D eigenvalue weighted by Crippen LogP contribution is -2.62. The molecule has 2 aromatic rings. The zero-order valence-electron chi connectivity index (χ0n) is 15.5. The third-order valence-corrected chi connectivity index (χ3v) is 5.88. The minimum Gasteiger partial charge on any atom is -0.384 e. The number of hydrogen-bond donors (Lipinski definition) is 1. The molecular weight excluding hydrogens is 342 g/mol. The standard InChI is InChI=1S/C22H25NO4/c1-26-13-18-21(17-11-12-27-22(17)18)23-20(25)10-9-19(24)16-8-4-6-14-5-2-3-7-15(14)16/h2-8,17-18,21-22H,9-13H2,1H3,(H,23,25)/t17-,18+,21+,22-/m1/s1. The maximum atomic E-state index is 12.7. The first-order chi connectivity index (χ1) is 13.2. The highest BCUT2D eigenvalue weighted by Crippen LogP contribution is 2.43. The summed E-state index contributed by atoms with van der Waals surface area (Å²) in [5, 5.41) is 5.09. The highest BCUT2D eigenvalue weighted by Gasteiger charge is 2.54. The van der Waals surface area contributed by atoms with Crippen molar-refractivity contribution in [1.29, 1.82) is 0 Å². The van der Waals surface area contributed by atoms with Gasteiger partial charge in [0.1, 0.15) is 0 Å². The molecule has 1 aliphatic heterocycles. The molecule has 5 nitrogen and oxygen atoms in total. The topological polar surface area (TPSA) is 64.6 Å². The number of nitrogens with one attached hydrogen (secondary N) is 1. The van der Waals surface area contributed by atoms with Crippen LogP contribution < -0.4 is 5.32 Å². The monoisotopic (exact) mass is 367 g/mol. The van der Waals surface area contributed by atoms with E-state index >= 15 is 0 Å². The van der Waals surface area contributed by atoms with Crippen LogP contribution in [-0.4, -0.2) is 44.2 Å². The van der Waals surface area contributed by atoms with Gasteiger partial charge in [0, 0.05) is 50.0 Å². The quantitative estimate of drug-likeness (QED) is 0.764. The van der Waals surface area contributed by atoms with Gasteiger partial charge in [0.25, 0.3) is 0 Å². The van der Waals surface area contributed by atoms with Gasteiger partial charge in [0.05, 0.1) is 12.7 Å². The normalized spacial score (nSPS) is 26.4. The highest BCUT2D eigenvalue weighted by molar-refractivity contribution is 6.08. The number of carbonyl (C=O) groups is 2. The highest BCUT2D eigenvalue weighted by atomic mass is 16.5. The average molecular weight is 367 g/mol. The minimum atomic E-state index is -0.0694. The second kappa shape index (κ2) is 7.79. The fourth-order valence-corrected chi connectivity index (χ4v) is 4.52. The van der Waals surface area contributed by atoms with Gasteiger partial charge in [-0.3, -0.25) is 9.59 Å². The zero-order chi connectivity index (χ0) is 18.8. The maximum absolute atomic E-state index is 12.7. The Balaban J connectivity index is 1.35. The van der Waals surface area contributed by atoms with Gasteiger partial charge in [0.15, 0.2) is 5.78 Å². The number of amides is 1. The third-order valence-electron chi connectivity index (χ3n) is 5.88. The van der Waals surface area contributed by atoms with Crippen molar-refractivity contribution in [2.45, 2.75) is 31.4 Å². The van der Waals surface area contributed by atoms with Crippen LogP contribution in [0.5, 0.6) is 0 Å². The van der Waals surface area contributed by atoms with E-state index in [0.717, 1.165) is 23.8 Å². The first-order valence-corrected chi connectivity index (χ1v) is 9.60. The summed E-state index contributed by atoms with van der Waals surface area (Å²) in [7, 11) is 1.67. The van der Waals surface area contributed by atoms with Gasteiger partial charge in [-0.2, -0.15) is 0 Å². The molecule has 1 amide bonds. The smallest absolute Gasteiger partial charge is 0.220 e. The fraction of sp³-hybridized carbons (Fsp3) is 0.455. The summed E-state index contributed by atoms with van der Waals surface area (Å²) < 4.78 is 11.0. The summed E-state index contributed by atoms with van der Waals surface area (Å²) in [4.78, 5) is 25.1. The average Bonchev–Trinajstić information content (AvgIpc) is 3.12. The largest absolute Gasteiger partial charge is 0.384 e. The van der Waals surface area contributed by atoms with Crippen LogP contribution in [0.4, 0.5) is 0 Å². The van der Waals surface area contributed by atoms with E-state index in [2.05, 4.69) is 5.32 Å². The number of Topliss-reactive ketones (excluding diaryl/α,β-unsaturated/α-hetero) is 1. The molecule has 1 heterocycles. The van der Waals surface area contributed by atoms with Gasteiger partial charge in [-0.05, 0) is 17.2 Å². The van der Waals surface area contributed by atoms with Crippen molar-refractivity contribution in [1.82, 2.24) is 5.32 Å². The van der Waals surface area contributed by atoms with Crippen LogP contribution in [0, 0.1) is 11.8 Å². The molecule has 2 aliphatic rings. The predicted octanol–water partition coefficient (Wildman–Crippen LogP) is 2.97. The molecule has 27 heavy (non-hydrogen) atoms. The predicted molar refractivity (Wildman–Crippen MR) is 103 cm³/mol. The van der Waals surface area contributed by atoms with E-state index in [1.807, 2.05) is 42.5 Å². The lowest BCUT2D eigenvalue weighted by molar-refractivity contribution is -0.129.